The number of nitrogens with one attached hydrogen (secondary N) is 1. The molecule has 0 radical (unpaired) electrons. The highest BCUT2D eigenvalue weighted by Crippen LogP contribution is 2.36. The fourth-order valence-electron chi connectivity index (χ4n) is 3.88. The summed E-state index contributed by atoms with van der Waals surface area (Å²) in [4.78, 5) is 11.7. The first-order chi connectivity index (χ1) is 15.3. The second-order valence-electron chi connectivity index (χ2n) is 8.15. The zero-order chi connectivity index (χ0) is 22.9. The quantitative estimate of drug-likeness (QED) is 0.543. The molecule has 1 saturated heterocycles. The lowest BCUT2D eigenvalue weighted by molar-refractivity contribution is 0.174. The molecule has 0 unspecified atom stereocenters. The van der Waals surface area contributed by atoms with Gasteiger partial charge in [0.05, 0.1) is 28.4 Å². The molecule has 2 N–H and O–H groups in total. The van der Waals surface area contributed by atoms with Crippen molar-refractivity contribution in [2.24, 2.45) is 0 Å². The van der Waals surface area contributed by atoms with Crippen LogP contribution in [-0.2, 0) is 10.0 Å². The van der Waals surface area contributed by atoms with Gasteiger partial charge < -0.3 is 15.0 Å². The molecule has 3 heterocycles. The summed E-state index contributed by atoms with van der Waals surface area (Å²) in [5, 5.41) is 20.1. The lowest BCUT2D eigenvalue weighted by atomic mass is 10.1. The number of nitriles is 1. The Bertz CT molecular complexity index is 1260. The number of aromatic amines is 1. The lowest BCUT2D eigenvalue weighted by Gasteiger charge is -2.34. The number of hydrogen-bond donors (Lipinski definition) is 2. The van der Waals surface area contributed by atoms with E-state index in [9.17, 15) is 13.5 Å². The van der Waals surface area contributed by atoms with E-state index in [0.29, 0.717) is 53.9 Å². The van der Waals surface area contributed by atoms with Gasteiger partial charge in [-0.1, -0.05) is 6.07 Å². The first-order valence-electron chi connectivity index (χ1n) is 10.4. The minimum Gasteiger partial charge on any atom is -0.494 e. The molecule has 9 nitrogen and oxygen atoms in total. The molecule has 4 rings (SSSR count). The molecule has 11 heteroatoms. The zero-order valence-electron chi connectivity index (χ0n) is 18.5. The average molecular weight is 491 g/mol. The van der Waals surface area contributed by atoms with Crippen LogP contribution in [0.5, 0.6) is 5.88 Å². The molecule has 1 fully saturated rings. The van der Waals surface area contributed by atoms with Gasteiger partial charge in [0.1, 0.15) is 4.90 Å². The average Bonchev–Trinajstić information content (AvgIpc) is 3.12. The van der Waals surface area contributed by atoms with E-state index in [1.165, 1.54) is 16.6 Å². The van der Waals surface area contributed by atoms with Gasteiger partial charge in [-0.25, -0.2) is 8.42 Å². The number of sulfonamides is 1. The summed E-state index contributed by atoms with van der Waals surface area (Å²) in [5.41, 5.74) is 2.01. The minimum absolute atomic E-state index is 0. The van der Waals surface area contributed by atoms with Crippen molar-refractivity contribution >= 4 is 33.3 Å². The monoisotopic (exact) mass is 490 g/mol. The van der Waals surface area contributed by atoms with Crippen molar-refractivity contribution in [1.29, 1.82) is 5.26 Å². The van der Waals surface area contributed by atoms with Crippen molar-refractivity contribution in [1.82, 2.24) is 24.1 Å². The highest BCUT2D eigenvalue weighted by atomic mass is 35.5. The van der Waals surface area contributed by atoms with Crippen LogP contribution in [0.2, 0.25) is 0 Å². The van der Waals surface area contributed by atoms with E-state index in [-0.39, 0.29) is 23.2 Å². The van der Waals surface area contributed by atoms with Gasteiger partial charge in [-0.3, -0.25) is 9.88 Å². The summed E-state index contributed by atoms with van der Waals surface area (Å²) in [5.74, 6) is -0.0768. The second kappa shape index (κ2) is 10.1. The molecule has 1 aliphatic rings. The van der Waals surface area contributed by atoms with Crippen LogP contribution in [-0.4, -0.2) is 91.0 Å². The molecule has 0 aliphatic carbocycles. The van der Waals surface area contributed by atoms with Gasteiger partial charge in [-0.2, -0.15) is 9.57 Å². The van der Waals surface area contributed by atoms with Crippen molar-refractivity contribution in [3.63, 3.8) is 0 Å². The number of nitrogens with zero attached hydrogens (tertiary/aromatic N) is 5. The summed E-state index contributed by atoms with van der Waals surface area (Å²) in [6.07, 6.45) is 1.34. The molecule has 0 bridgehead atoms. The Kier molecular flexibility index (Phi) is 7.62. The number of hydrogen-bond acceptors (Lipinski definition) is 7. The molecule has 1 aliphatic heterocycles. The van der Waals surface area contributed by atoms with Crippen LogP contribution in [0, 0.1) is 11.3 Å². The van der Waals surface area contributed by atoms with Gasteiger partial charge >= 0.3 is 0 Å². The van der Waals surface area contributed by atoms with Crippen LogP contribution < -0.4 is 0 Å². The lowest BCUT2D eigenvalue weighted by Crippen LogP contribution is -2.49. The molecule has 176 valence electrons. The van der Waals surface area contributed by atoms with Crippen LogP contribution in [0.25, 0.3) is 22.2 Å². The Morgan fingerprint density at radius 1 is 1.18 bits per heavy atom. The third-order valence-corrected chi connectivity index (χ3v) is 7.62. The van der Waals surface area contributed by atoms with Gasteiger partial charge in [-0.05, 0) is 38.4 Å². The summed E-state index contributed by atoms with van der Waals surface area (Å²) in [7, 11) is 0.413. The molecular formula is C22H27ClN6O3S. The molecule has 0 spiro atoms. The largest absolute Gasteiger partial charge is 0.494 e. The van der Waals surface area contributed by atoms with Crippen molar-refractivity contribution < 1.29 is 13.5 Å². The maximum atomic E-state index is 13.1. The van der Waals surface area contributed by atoms with Gasteiger partial charge in [0.15, 0.2) is 5.88 Å². The van der Waals surface area contributed by atoms with Crippen molar-refractivity contribution in [2.75, 3.05) is 53.4 Å². The van der Waals surface area contributed by atoms with E-state index < -0.39 is 10.0 Å². The number of fused-ring (bicyclic) bond motifs is 1. The van der Waals surface area contributed by atoms with Gasteiger partial charge in [-0.15, -0.1) is 12.4 Å². The zero-order valence-corrected chi connectivity index (χ0v) is 20.2. The van der Waals surface area contributed by atoms with Crippen LogP contribution in [0.15, 0.2) is 41.4 Å². The number of likely N-dealkylation sites (N-methyl/N-ethyl adjacent to an activating group) is 1. The SMILES string of the molecule is CN(C)CCN1CCN(S(=O)(=O)c2ccc(-c3c(O)[nH]c4cc(C#N)ccc34)nc2)CC1.Cl. The smallest absolute Gasteiger partial charge is 0.244 e. The number of aromatic hydroxyl groups is 1. The molecule has 1 aromatic carbocycles. The predicted octanol–water partition coefficient (Wildman–Crippen LogP) is 2.10. The molecule has 3 aromatic rings. The van der Waals surface area contributed by atoms with Crippen molar-refractivity contribution in [3.05, 3.63) is 42.1 Å². The van der Waals surface area contributed by atoms with Crippen LogP contribution >= 0.6 is 12.4 Å². The molecule has 0 amide bonds. The number of aromatic nitrogens is 2. The van der Waals surface area contributed by atoms with E-state index >= 15 is 0 Å². The van der Waals surface area contributed by atoms with Crippen LogP contribution in [0.3, 0.4) is 0 Å². The fraction of sp³-hybridized carbons (Fsp3) is 0.364. The van der Waals surface area contributed by atoms with E-state index in [0.717, 1.165) is 13.1 Å². The minimum atomic E-state index is -3.64. The number of halogens is 1. The first kappa shape index (κ1) is 25.0. The molecule has 0 atom stereocenters. The summed E-state index contributed by atoms with van der Waals surface area (Å²) in [6.45, 7) is 4.15. The third kappa shape index (κ3) is 5.13. The number of benzene rings is 1. The van der Waals surface area contributed by atoms with E-state index in [1.54, 1.807) is 24.3 Å². The molecular weight excluding hydrogens is 464 g/mol. The normalized spacial score (nSPS) is 15.5. The Morgan fingerprint density at radius 2 is 1.91 bits per heavy atom. The summed E-state index contributed by atoms with van der Waals surface area (Å²) in [6, 6.07) is 10.2. The second-order valence-corrected chi connectivity index (χ2v) is 10.1. The number of pyridine rings is 1. The van der Waals surface area contributed by atoms with E-state index in [2.05, 4.69) is 25.8 Å². The molecule has 0 saturated carbocycles. The topological polar surface area (TPSA) is 117 Å². The Labute approximate surface area is 199 Å². The van der Waals surface area contributed by atoms with E-state index in [4.69, 9.17) is 5.26 Å². The maximum absolute atomic E-state index is 13.1. The summed E-state index contributed by atoms with van der Waals surface area (Å²) >= 11 is 0. The predicted molar refractivity (Wildman–Crippen MR) is 129 cm³/mol. The maximum Gasteiger partial charge on any atom is 0.244 e. The fourth-order valence-corrected chi connectivity index (χ4v) is 5.24. The number of piperazine rings is 1. The Morgan fingerprint density at radius 3 is 2.52 bits per heavy atom. The Hall–Kier alpha value is -2.68. The van der Waals surface area contributed by atoms with Gasteiger partial charge in [0.2, 0.25) is 10.0 Å². The first-order valence-corrected chi connectivity index (χ1v) is 11.8. The number of H-pyrrole nitrogens is 1. The molecule has 2 aromatic heterocycles. The highest BCUT2D eigenvalue weighted by molar-refractivity contribution is 7.89. The van der Waals surface area contributed by atoms with Gasteiger partial charge in [0, 0.05) is 50.9 Å². The highest BCUT2D eigenvalue weighted by Gasteiger charge is 2.29. The van der Waals surface area contributed by atoms with Crippen molar-refractivity contribution in [2.45, 2.75) is 4.90 Å². The Balaban J connectivity index is 0.00000306. The van der Waals surface area contributed by atoms with Crippen LogP contribution in [0.1, 0.15) is 5.56 Å². The van der Waals surface area contributed by atoms with E-state index in [1.807, 2.05) is 14.1 Å². The van der Waals surface area contributed by atoms with Crippen molar-refractivity contribution in [3.8, 4) is 23.2 Å². The third-order valence-electron chi connectivity index (χ3n) is 5.73. The standard InChI is InChI=1S/C22H26N6O3S.ClH/c1-26(2)7-8-27-9-11-28(12-10-27)32(30,31)17-4-6-19(24-15-17)21-18-5-3-16(14-23)13-20(18)25-22(21)29;/h3-6,13,15,25,29H,7-12H2,1-2H3;1H. The van der Waals surface area contributed by atoms with Gasteiger partial charge in [0.25, 0.3) is 0 Å². The van der Waals surface area contributed by atoms with Crippen LogP contribution in [0.4, 0.5) is 0 Å². The molecule has 33 heavy (non-hydrogen) atoms. The summed E-state index contributed by atoms with van der Waals surface area (Å²) < 4.78 is 27.7. The number of rotatable bonds is 6.